The maximum Gasteiger partial charge on any atom is 0.332 e. The van der Waals surface area contributed by atoms with Crippen molar-refractivity contribution in [3.8, 4) is 0 Å². The molecule has 0 spiro atoms. The summed E-state index contributed by atoms with van der Waals surface area (Å²) in [7, 11) is 0. The Bertz CT molecular complexity index is 1600. The van der Waals surface area contributed by atoms with Crippen LogP contribution >= 0.6 is 22.9 Å². The van der Waals surface area contributed by atoms with Gasteiger partial charge in [-0.05, 0) is 59.0 Å². The zero-order valence-electron chi connectivity index (χ0n) is 18.4. The van der Waals surface area contributed by atoms with Crippen LogP contribution in [-0.2, 0) is 19.6 Å². The number of carbonyl (C=O) groups is 1. The van der Waals surface area contributed by atoms with Gasteiger partial charge in [0.05, 0.1) is 31.4 Å². The highest BCUT2D eigenvalue weighted by Gasteiger charge is 2.15. The average Bonchev–Trinajstić information content (AvgIpc) is 3.57. The molecule has 3 heterocycles. The lowest BCUT2D eigenvalue weighted by atomic mass is 10.1. The fourth-order valence-electron chi connectivity index (χ4n) is 3.82. The fraction of sp³-hybridized carbons (Fsp3) is 0.115. The summed E-state index contributed by atoms with van der Waals surface area (Å²) in [6.45, 7) is 0.704. The van der Waals surface area contributed by atoms with E-state index in [-0.39, 0.29) is 24.6 Å². The number of rotatable bonds is 7. The van der Waals surface area contributed by atoms with E-state index >= 15 is 0 Å². The average molecular weight is 506 g/mol. The molecule has 5 aromatic rings. The molecular formula is C26H20ClN3O4S. The first-order valence-corrected chi connectivity index (χ1v) is 12.1. The van der Waals surface area contributed by atoms with Gasteiger partial charge in [0.2, 0.25) is 0 Å². The predicted molar refractivity (Wildman–Crippen MR) is 136 cm³/mol. The van der Waals surface area contributed by atoms with Gasteiger partial charge >= 0.3 is 5.69 Å². The van der Waals surface area contributed by atoms with Crippen LogP contribution in [0.25, 0.3) is 10.2 Å². The van der Waals surface area contributed by atoms with Crippen molar-refractivity contribution in [1.82, 2.24) is 14.5 Å². The summed E-state index contributed by atoms with van der Waals surface area (Å²) < 4.78 is 8.58. The summed E-state index contributed by atoms with van der Waals surface area (Å²) in [5.41, 5.74) is 2.00. The Morgan fingerprint density at radius 1 is 0.914 bits per heavy atom. The van der Waals surface area contributed by atoms with Gasteiger partial charge in [-0.25, -0.2) is 4.79 Å². The van der Waals surface area contributed by atoms with Crippen LogP contribution in [0.2, 0.25) is 5.02 Å². The number of hydrogen-bond donors (Lipinski definition) is 1. The Kier molecular flexibility index (Phi) is 6.39. The molecule has 0 aliphatic rings. The van der Waals surface area contributed by atoms with Crippen LogP contribution in [-0.4, -0.2) is 15.0 Å². The van der Waals surface area contributed by atoms with Gasteiger partial charge < -0.3 is 9.73 Å². The standard InChI is InChI=1S/C26H20ClN3O4S/c27-20-9-5-18(6-10-20)15-29-22-11-13-35-23(22)25(32)30(26(29)33)16-17-3-7-19(8-4-17)24(31)28-14-21-2-1-12-34-21/h1-13H,14-16H2,(H,28,31). The largest absolute Gasteiger partial charge is 0.467 e. The third kappa shape index (κ3) is 4.84. The number of amides is 1. The monoisotopic (exact) mass is 505 g/mol. The lowest BCUT2D eigenvalue weighted by Crippen LogP contribution is -2.40. The molecule has 0 bridgehead atoms. The Morgan fingerprint density at radius 2 is 1.60 bits per heavy atom. The van der Waals surface area contributed by atoms with Crippen molar-refractivity contribution < 1.29 is 9.21 Å². The molecule has 0 saturated heterocycles. The number of fused-ring (bicyclic) bond motifs is 1. The molecule has 1 N–H and O–H groups in total. The van der Waals surface area contributed by atoms with Gasteiger partial charge in [0.15, 0.2) is 0 Å². The van der Waals surface area contributed by atoms with Gasteiger partial charge in [0, 0.05) is 10.6 Å². The second kappa shape index (κ2) is 9.77. The van der Waals surface area contributed by atoms with E-state index in [2.05, 4.69) is 5.32 Å². The van der Waals surface area contributed by atoms with Crippen molar-refractivity contribution in [1.29, 1.82) is 0 Å². The molecule has 0 radical (unpaired) electrons. The topological polar surface area (TPSA) is 86.2 Å². The molecule has 5 rings (SSSR count). The minimum absolute atomic E-state index is 0.0976. The van der Waals surface area contributed by atoms with E-state index in [0.29, 0.717) is 33.1 Å². The SMILES string of the molecule is O=C(NCc1ccco1)c1ccc(Cn2c(=O)c3sccc3n(Cc3ccc(Cl)cc3)c2=O)cc1. The van der Waals surface area contributed by atoms with Crippen LogP contribution in [0.5, 0.6) is 0 Å². The number of furan rings is 1. The molecule has 0 saturated carbocycles. The van der Waals surface area contributed by atoms with E-state index in [9.17, 15) is 14.4 Å². The van der Waals surface area contributed by atoms with Gasteiger partial charge in [0.1, 0.15) is 10.5 Å². The molecule has 0 aliphatic heterocycles. The number of aromatic nitrogens is 2. The number of nitrogens with one attached hydrogen (secondary N) is 1. The molecule has 176 valence electrons. The lowest BCUT2D eigenvalue weighted by molar-refractivity contribution is 0.0948. The van der Waals surface area contributed by atoms with E-state index in [1.807, 2.05) is 17.5 Å². The van der Waals surface area contributed by atoms with E-state index in [1.165, 1.54) is 15.9 Å². The van der Waals surface area contributed by atoms with Crippen LogP contribution in [0.4, 0.5) is 0 Å². The molecule has 0 unspecified atom stereocenters. The Hall–Kier alpha value is -3.88. The minimum atomic E-state index is -0.392. The van der Waals surface area contributed by atoms with Crippen molar-refractivity contribution >= 4 is 39.1 Å². The van der Waals surface area contributed by atoms with Crippen molar-refractivity contribution in [2.75, 3.05) is 0 Å². The molecular weight excluding hydrogens is 486 g/mol. The van der Waals surface area contributed by atoms with Crippen molar-refractivity contribution in [3.63, 3.8) is 0 Å². The lowest BCUT2D eigenvalue weighted by Gasteiger charge is -2.13. The first-order valence-electron chi connectivity index (χ1n) is 10.8. The van der Waals surface area contributed by atoms with Gasteiger partial charge in [-0.1, -0.05) is 35.9 Å². The van der Waals surface area contributed by atoms with Crippen LogP contribution in [0.3, 0.4) is 0 Å². The first-order chi connectivity index (χ1) is 17.0. The molecule has 0 aliphatic carbocycles. The van der Waals surface area contributed by atoms with Crippen LogP contribution in [0.1, 0.15) is 27.2 Å². The van der Waals surface area contributed by atoms with Crippen LogP contribution in [0, 0.1) is 0 Å². The van der Waals surface area contributed by atoms with Gasteiger partial charge in [-0.3, -0.25) is 18.7 Å². The summed E-state index contributed by atoms with van der Waals surface area (Å²) in [4.78, 5) is 38.9. The summed E-state index contributed by atoms with van der Waals surface area (Å²) in [6, 6.07) is 19.4. The molecule has 2 aromatic carbocycles. The molecule has 1 amide bonds. The second-order valence-corrected chi connectivity index (χ2v) is 9.33. The Morgan fingerprint density at radius 3 is 2.29 bits per heavy atom. The van der Waals surface area contributed by atoms with Crippen molar-refractivity contribution in [2.45, 2.75) is 19.6 Å². The summed E-state index contributed by atoms with van der Waals surface area (Å²) in [6.07, 6.45) is 1.55. The smallest absolute Gasteiger partial charge is 0.332 e. The highest BCUT2D eigenvalue weighted by molar-refractivity contribution is 7.17. The van der Waals surface area contributed by atoms with E-state index in [1.54, 1.807) is 65.4 Å². The quantitative estimate of drug-likeness (QED) is 0.353. The Labute approximate surface area is 208 Å². The minimum Gasteiger partial charge on any atom is -0.467 e. The molecule has 35 heavy (non-hydrogen) atoms. The summed E-state index contributed by atoms with van der Waals surface area (Å²) >= 11 is 7.30. The maximum atomic E-state index is 13.4. The third-order valence-corrected chi connectivity index (χ3v) is 6.79. The summed E-state index contributed by atoms with van der Waals surface area (Å²) in [5, 5.41) is 5.22. The van der Waals surface area contributed by atoms with Crippen LogP contribution in [0.15, 0.2) is 92.4 Å². The molecule has 0 atom stereocenters. The number of carbonyl (C=O) groups excluding carboxylic acids is 1. The number of halogens is 1. The number of hydrogen-bond acceptors (Lipinski definition) is 5. The first kappa shape index (κ1) is 22.9. The van der Waals surface area contributed by atoms with E-state index in [0.717, 1.165) is 11.1 Å². The molecule has 9 heteroatoms. The normalized spacial score (nSPS) is 11.1. The van der Waals surface area contributed by atoms with Gasteiger partial charge in [-0.2, -0.15) is 0 Å². The van der Waals surface area contributed by atoms with Crippen molar-refractivity contribution in [2.24, 2.45) is 0 Å². The van der Waals surface area contributed by atoms with Gasteiger partial charge in [-0.15, -0.1) is 11.3 Å². The molecule has 7 nitrogen and oxygen atoms in total. The highest BCUT2D eigenvalue weighted by Crippen LogP contribution is 2.18. The van der Waals surface area contributed by atoms with Crippen LogP contribution < -0.4 is 16.6 Å². The summed E-state index contributed by atoms with van der Waals surface area (Å²) in [5.74, 6) is 0.420. The van der Waals surface area contributed by atoms with Gasteiger partial charge in [0.25, 0.3) is 11.5 Å². The zero-order chi connectivity index (χ0) is 24.4. The Balaban J connectivity index is 1.41. The zero-order valence-corrected chi connectivity index (χ0v) is 20.0. The highest BCUT2D eigenvalue weighted by atomic mass is 35.5. The van der Waals surface area contributed by atoms with Crippen molar-refractivity contribution in [3.05, 3.63) is 127 Å². The number of nitrogens with zero attached hydrogens (tertiary/aromatic N) is 2. The maximum absolute atomic E-state index is 13.4. The van der Waals surface area contributed by atoms with E-state index < -0.39 is 5.69 Å². The van der Waals surface area contributed by atoms with E-state index in [4.69, 9.17) is 16.0 Å². The fourth-order valence-corrected chi connectivity index (χ4v) is 4.79. The second-order valence-electron chi connectivity index (χ2n) is 7.98. The number of thiophene rings is 1. The molecule has 0 fully saturated rings. The predicted octanol–water partition coefficient (Wildman–Crippen LogP) is 4.50. The molecule has 3 aromatic heterocycles. The number of benzene rings is 2. The third-order valence-electron chi connectivity index (χ3n) is 5.65.